The zero-order chi connectivity index (χ0) is 15.9. The highest BCUT2D eigenvalue weighted by atomic mass is 16.5. The quantitative estimate of drug-likeness (QED) is 0.787. The molecule has 0 bridgehead atoms. The van der Waals surface area contributed by atoms with Crippen molar-refractivity contribution in [1.82, 2.24) is 10.2 Å². The van der Waals surface area contributed by atoms with E-state index in [1.54, 1.807) is 19.1 Å². The molecule has 6 heteroatoms. The van der Waals surface area contributed by atoms with Gasteiger partial charge < -0.3 is 19.7 Å². The monoisotopic (exact) mass is 306 g/mol. The van der Waals surface area contributed by atoms with Gasteiger partial charge in [0.2, 0.25) is 5.91 Å². The number of rotatable bonds is 6. The Kier molecular flexibility index (Phi) is 5.91. The Bertz CT molecular complexity index is 506. The van der Waals surface area contributed by atoms with Gasteiger partial charge in [0.15, 0.2) is 6.10 Å². The van der Waals surface area contributed by atoms with Gasteiger partial charge in [0.25, 0.3) is 5.91 Å². The molecule has 120 valence electrons. The Hall–Kier alpha value is -1.92. The molecular formula is C16H22N2O4. The first-order valence-electron chi connectivity index (χ1n) is 7.34. The first-order valence-corrected chi connectivity index (χ1v) is 7.34. The van der Waals surface area contributed by atoms with E-state index < -0.39 is 12.1 Å². The van der Waals surface area contributed by atoms with Gasteiger partial charge in [-0.3, -0.25) is 9.59 Å². The lowest BCUT2D eigenvalue weighted by Gasteiger charge is -2.38. The van der Waals surface area contributed by atoms with E-state index in [0.717, 1.165) is 12.0 Å². The van der Waals surface area contributed by atoms with Gasteiger partial charge in [0.1, 0.15) is 6.61 Å². The van der Waals surface area contributed by atoms with Crippen LogP contribution < -0.4 is 5.32 Å². The molecule has 0 spiro atoms. The van der Waals surface area contributed by atoms with Crippen molar-refractivity contribution >= 4 is 11.8 Å². The van der Waals surface area contributed by atoms with Crippen molar-refractivity contribution in [2.45, 2.75) is 18.6 Å². The molecule has 2 amide bonds. The molecule has 2 atom stereocenters. The summed E-state index contributed by atoms with van der Waals surface area (Å²) in [5.41, 5.74) is 0.884. The van der Waals surface area contributed by atoms with E-state index in [9.17, 15) is 9.59 Å². The van der Waals surface area contributed by atoms with E-state index in [0.29, 0.717) is 13.2 Å². The summed E-state index contributed by atoms with van der Waals surface area (Å²) in [4.78, 5) is 25.9. The second-order valence-electron chi connectivity index (χ2n) is 5.23. The molecule has 22 heavy (non-hydrogen) atoms. The molecule has 1 saturated heterocycles. The Morgan fingerprint density at radius 1 is 1.41 bits per heavy atom. The van der Waals surface area contributed by atoms with Crippen LogP contribution in [-0.4, -0.2) is 56.7 Å². The number of amides is 2. The molecule has 1 aromatic rings. The molecule has 1 heterocycles. The van der Waals surface area contributed by atoms with E-state index in [1.807, 2.05) is 30.3 Å². The number of likely N-dealkylation sites (N-methyl/N-ethyl adjacent to an activating group) is 1. The summed E-state index contributed by atoms with van der Waals surface area (Å²) >= 11 is 0. The summed E-state index contributed by atoms with van der Waals surface area (Å²) in [7, 11) is 3.33. The fourth-order valence-corrected chi connectivity index (χ4v) is 2.51. The standard InChI is InChI=1S/C16H22N2O4/c1-18-13(19)11-22-15(16(20)17-9-6-10-21-2)14(18)12-7-4-3-5-8-12/h3-5,7-8,14-15H,6,9-11H2,1-2H3,(H,17,20)/t14-,15-/m0/s1. The summed E-state index contributed by atoms with van der Waals surface area (Å²) in [5, 5.41) is 2.84. The van der Waals surface area contributed by atoms with Crippen LogP contribution in [0.4, 0.5) is 0 Å². The second-order valence-corrected chi connectivity index (χ2v) is 5.23. The fourth-order valence-electron chi connectivity index (χ4n) is 2.51. The summed E-state index contributed by atoms with van der Waals surface area (Å²) in [5.74, 6) is -0.332. The third-order valence-electron chi connectivity index (χ3n) is 3.71. The van der Waals surface area contributed by atoms with Gasteiger partial charge in [0, 0.05) is 27.3 Å². The summed E-state index contributed by atoms with van der Waals surface area (Å²) in [6.07, 6.45) is 0.0346. The molecule has 1 N–H and O–H groups in total. The normalized spacial score (nSPS) is 21.7. The molecule has 1 aliphatic heterocycles. The lowest BCUT2D eigenvalue weighted by molar-refractivity contribution is -0.162. The summed E-state index contributed by atoms with van der Waals surface area (Å²) in [6.45, 7) is 1.04. The average molecular weight is 306 g/mol. The third kappa shape index (κ3) is 3.84. The maximum Gasteiger partial charge on any atom is 0.251 e. The van der Waals surface area contributed by atoms with Crippen LogP contribution in [0, 0.1) is 0 Å². The SMILES string of the molecule is COCCCNC(=O)[C@H]1OCC(=O)N(C)[C@H]1c1ccccc1. The van der Waals surface area contributed by atoms with Gasteiger partial charge in [-0.2, -0.15) is 0 Å². The van der Waals surface area contributed by atoms with Crippen LogP contribution in [0.3, 0.4) is 0 Å². The van der Waals surface area contributed by atoms with Gasteiger partial charge in [-0.15, -0.1) is 0 Å². The Balaban J connectivity index is 2.10. The number of morpholine rings is 1. The van der Waals surface area contributed by atoms with Crippen LogP contribution in [0.1, 0.15) is 18.0 Å². The van der Waals surface area contributed by atoms with Crippen LogP contribution in [0.15, 0.2) is 30.3 Å². The molecule has 1 aromatic carbocycles. The van der Waals surface area contributed by atoms with Crippen molar-refractivity contribution in [3.05, 3.63) is 35.9 Å². The largest absolute Gasteiger partial charge is 0.385 e. The zero-order valence-electron chi connectivity index (χ0n) is 13.0. The molecule has 0 saturated carbocycles. The van der Waals surface area contributed by atoms with Crippen molar-refractivity contribution in [2.24, 2.45) is 0 Å². The number of hydrogen-bond acceptors (Lipinski definition) is 4. The lowest BCUT2D eigenvalue weighted by Crippen LogP contribution is -2.53. The van der Waals surface area contributed by atoms with Crippen molar-refractivity contribution < 1.29 is 19.1 Å². The fraction of sp³-hybridized carbons (Fsp3) is 0.500. The molecule has 1 aliphatic rings. The number of ether oxygens (including phenoxy) is 2. The maximum absolute atomic E-state index is 12.4. The van der Waals surface area contributed by atoms with Crippen LogP contribution in [0.2, 0.25) is 0 Å². The molecule has 6 nitrogen and oxygen atoms in total. The Labute approximate surface area is 130 Å². The first kappa shape index (κ1) is 16.5. The molecule has 0 unspecified atom stereocenters. The number of carbonyl (C=O) groups is 2. The lowest BCUT2D eigenvalue weighted by atomic mass is 9.97. The van der Waals surface area contributed by atoms with E-state index in [-0.39, 0.29) is 18.4 Å². The van der Waals surface area contributed by atoms with E-state index in [4.69, 9.17) is 9.47 Å². The van der Waals surface area contributed by atoms with E-state index in [1.165, 1.54) is 0 Å². The van der Waals surface area contributed by atoms with Crippen LogP contribution >= 0.6 is 0 Å². The van der Waals surface area contributed by atoms with E-state index >= 15 is 0 Å². The van der Waals surface area contributed by atoms with Gasteiger partial charge in [-0.05, 0) is 12.0 Å². The van der Waals surface area contributed by atoms with Crippen LogP contribution in [0.5, 0.6) is 0 Å². The maximum atomic E-state index is 12.4. The van der Waals surface area contributed by atoms with Crippen molar-refractivity contribution in [3.8, 4) is 0 Å². The topological polar surface area (TPSA) is 67.9 Å². The third-order valence-corrected chi connectivity index (χ3v) is 3.71. The van der Waals surface area contributed by atoms with E-state index in [2.05, 4.69) is 5.32 Å². The number of nitrogens with one attached hydrogen (secondary N) is 1. The highest BCUT2D eigenvalue weighted by molar-refractivity contribution is 5.86. The summed E-state index contributed by atoms with van der Waals surface area (Å²) in [6, 6.07) is 9.05. The molecule has 1 fully saturated rings. The van der Waals surface area contributed by atoms with Gasteiger partial charge in [0.05, 0.1) is 6.04 Å². The average Bonchev–Trinajstić information content (AvgIpc) is 2.54. The summed E-state index contributed by atoms with van der Waals surface area (Å²) < 4.78 is 10.5. The highest BCUT2D eigenvalue weighted by Crippen LogP contribution is 2.28. The number of methoxy groups -OCH3 is 1. The minimum absolute atomic E-state index is 0.0734. The predicted octanol–water partition coefficient (Wildman–Crippen LogP) is 0.738. The molecule has 0 radical (unpaired) electrons. The van der Waals surface area contributed by atoms with Gasteiger partial charge in [-0.25, -0.2) is 0 Å². The van der Waals surface area contributed by atoms with Crippen molar-refractivity contribution in [1.29, 1.82) is 0 Å². The molecule has 0 aromatic heterocycles. The molecule has 2 rings (SSSR count). The minimum Gasteiger partial charge on any atom is -0.385 e. The smallest absolute Gasteiger partial charge is 0.251 e. The minimum atomic E-state index is -0.701. The Morgan fingerprint density at radius 2 is 2.14 bits per heavy atom. The van der Waals surface area contributed by atoms with Crippen LogP contribution in [0.25, 0.3) is 0 Å². The number of hydrogen-bond donors (Lipinski definition) is 1. The Morgan fingerprint density at radius 3 is 2.82 bits per heavy atom. The number of carbonyl (C=O) groups excluding carboxylic acids is 2. The molecule has 0 aliphatic carbocycles. The second kappa shape index (κ2) is 7.91. The van der Waals surface area contributed by atoms with Crippen LogP contribution in [-0.2, 0) is 19.1 Å². The highest BCUT2D eigenvalue weighted by Gasteiger charge is 2.39. The molecular weight excluding hydrogens is 284 g/mol. The number of benzene rings is 1. The van der Waals surface area contributed by atoms with Gasteiger partial charge >= 0.3 is 0 Å². The predicted molar refractivity (Wildman–Crippen MR) is 81.2 cm³/mol. The number of nitrogens with zero attached hydrogens (tertiary/aromatic N) is 1. The van der Waals surface area contributed by atoms with Gasteiger partial charge in [-0.1, -0.05) is 30.3 Å². The van der Waals surface area contributed by atoms with Crippen molar-refractivity contribution in [3.63, 3.8) is 0 Å². The first-order chi connectivity index (χ1) is 10.6. The van der Waals surface area contributed by atoms with Crippen molar-refractivity contribution in [2.75, 3.05) is 33.9 Å². The zero-order valence-corrected chi connectivity index (χ0v) is 13.0.